The number of benzene rings is 2. The van der Waals surface area contributed by atoms with Gasteiger partial charge >= 0.3 is 5.69 Å². The maximum Gasteiger partial charge on any atom is 0.301 e. The molecule has 0 fully saturated rings. The van der Waals surface area contributed by atoms with Crippen molar-refractivity contribution < 1.29 is 9.85 Å². The lowest BCUT2D eigenvalue weighted by Gasteiger charge is -2.45. The number of aryl methyl sites for hydroxylation is 1. The molecule has 0 aromatic heterocycles. The number of non-ortho nitro benzene ring substituents is 1. The van der Waals surface area contributed by atoms with Crippen LogP contribution in [-0.4, -0.2) is 28.6 Å². The van der Waals surface area contributed by atoms with Crippen molar-refractivity contribution in [3.8, 4) is 0 Å². The third-order valence-electron chi connectivity index (χ3n) is 5.80. The second kappa shape index (κ2) is 7.74. The number of hydrogen-bond donors (Lipinski definition) is 1. The minimum Gasteiger partial charge on any atom is -0.369 e. The maximum atomic E-state index is 11.3. The molecule has 1 aliphatic heterocycles. The molecule has 1 heterocycles. The first-order valence-corrected chi connectivity index (χ1v) is 9.61. The lowest BCUT2D eigenvalue weighted by atomic mass is 9.79. The van der Waals surface area contributed by atoms with E-state index in [9.17, 15) is 20.2 Å². The van der Waals surface area contributed by atoms with Gasteiger partial charge in [-0.25, -0.2) is 0 Å². The van der Waals surface area contributed by atoms with Gasteiger partial charge in [0.15, 0.2) is 0 Å². The van der Waals surface area contributed by atoms with Crippen molar-refractivity contribution in [2.24, 2.45) is 5.10 Å². The van der Waals surface area contributed by atoms with E-state index in [1.54, 1.807) is 6.21 Å². The number of nitro groups is 2. The molecular formula is C21H25N5O4. The zero-order chi connectivity index (χ0) is 22.2. The number of hydrogen-bond acceptors (Lipinski definition) is 7. The van der Waals surface area contributed by atoms with Crippen molar-refractivity contribution in [2.45, 2.75) is 45.6 Å². The van der Waals surface area contributed by atoms with E-state index in [1.165, 1.54) is 23.4 Å². The van der Waals surface area contributed by atoms with Crippen LogP contribution in [0.2, 0.25) is 0 Å². The number of rotatable bonds is 5. The highest BCUT2D eigenvalue weighted by Gasteiger charge is 2.34. The van der Waals surface area contributed by atoms with Crippen LogP contribution in [0.3, 0.4) is 0 Å². The minimum atomic E-state index is -0.672. The standard InChI is InChI=1S/C21H25N5O4/c1-13-8-19-17(14(2)11-21(3,4)24(19)5)9-15(13)12-22-23-18-7-6-16(25(27)28)10-20(18)26(29)30/h6-10,12,14,23H,11H2,1-5H3/b22-12-/t14-/m0/s1. The molecule has 0 bridgehead atoms. The van der Waals surface area contributed by atoms with Gasteiger partial charge in [-0.3, -0.25) is 25.7 Å². The van der Waals surface area contributed by atoms with Gasteiger partial charge in [0.05, 0.1) is 22.1 Å². The van der Waals surface area contributed by atoms with E-state index < -0.39 is 15.5 Å². The quantitative estimate of drug-likeness (QED) is 0.422. The predicted molar refractivity (Wildman–Crippen MR) is 118 cm³/mol. The molecule has 0 spiro atoms. The van der Waals surface area contributed by atoms with Gasteiger partial charge in [0.25, 0.3) is 5.69 Å². The molecule has 0 radical (unpaired) electrons. The molecule has 1 aliphatic rings. The molecule has 158 valence electrons. The van der Waals surface area contributed by atoms with Gasteiger partial charge in [-0.05, 0) is 68.0 Å². The number of nitrogens with one attached hydrogen (secondary N) is 1. The summed E-state index contributed by atoms with van der Waals surface area (Å²) in [6.07, 6.45) is 2.65. The Bertz CT molecular complexity index is 1050. The van der Waals surface area contributed by atoms with E-state index in [0.29, 0.717) is 5.92 Å². The van der Waals surface area contributed by atoms with Crippen LogP contribution in [0.15, 0.2) is 35.4 Å². The van der Waals surface area contributed by atoms with Crippen LogP contribution in [0.5, 0.6) is 0 Å². The molecule has 1 N–H and O–H groups in total. The van der Waals surface area contributed by atoms with E-state index in [1.807, 2.05) is 6.92 Å². The van der Waals surface area contributed by atoms with Crippen LogP contribution < -0.4 is 10.3 Å². The van der Waals surface area contributed by atoms with E-state index in [4.69, 9.17) is 0 Å². The summed E-state index contributed by atoms with van der Waals surface area (Å²) in [6, 6.07) is 7.65. The van der Waals surface area contributed by atoms with Crippen LogP contribution in [-0.2, 0) is 0 Å². The first kappa shape index (κ1) is 21.2. The highest BCUT2D eigenvalue weighted by atomic mass is 16.6. The smallest absolute Gasteiger partial charge is 0.301 e. The summed E-state index contributed by atoms with van der Waals surface area (Å²) in [6.45, 7) is 8.68. The number of nitrogens with zero attached hydrogens (tertiary/aromatic N) is 4. The van der Waals surface area contributed by atoms with Crippen molar-refractivity contribution >= 4 is 29.0 Å². The van der Waals surface area contributed by atoms with Crippen molar-refractivity contribution in [1.82, 2.24) is 0 Å². The topological polar surface area (TPSA) is 114 Å². The molecule has 30 heavy (non-hydrogen) atoms. The summed E-state index contributed by atoms with van der Waals surface area (Å²) in [5, 5.41) is 26.3. The first-order chi connectivity index (χ1) is 14.0. The van der Waals surface area contributed by atoms with Crippen LogP contribution in [0, 0.1) is 27.2 Å². The number of hydrazone groups is 1. The Kier molecular flexibility index (Phi) is 5.47. The highest BCUT2D eigenvalue weighted by molar-refractivity contribution is 5.85. The Hall–Kier alpha value is -3.49. The molecule has 0 amide bonds. The fraction of sp³-hybridized carbons (Fsp3) is 0.381. The average Bonchev–Trinajstić information content (AvgIpc) is 2.66. The molecule has 0 unspecified atom stereocenters. The van der Waals surface area contributed by atoms with Crippen LogP contribution in [0.25, 0.3) is 0 Å². The van der Waals surface area contributed by atoms with E-state index in [0.717, 1.165) is 23.6 Å². The highest BCUT2D eigenvalue weighted by Crippen LogP contribution is 2.43. The number of anilines is 2. The van der Waals surface area contributed by atoms with Crippen molar-refractivity contribution in [3.05, 3.63) is 67.3 Å². The summed E-state index contributed by atoms with van der Waals surface area (Å²) >= 11 is 0. The van der Waals surface area contributed by atoms with E-state index in [-0.39, 0.29) is 16.9 Å². The molecule has 0 saturated carbocycles. The number of fused-ring (bicyclic) bond motifs is 1. The maximum absolute atomic E-state index is 11.3. The predicted octanol–water partition coefficient (Wildman–Crippen LogP) is 4.98. The summed E-state index contributed by atoms with van der Waals surface area (Å²) in [4.78, 5) is 23.1. The van der Waals surface area contributed by atoms with Gasteiger partial charge in [-0.2, -0.15) is 5.10 Å². The average molecular weight is 411 g/mol. The Morgan fingerprint density at radius 1 is 1.20 bits per heavy atom. The SMILES string of the molecule is Cc1cc2c(cc1/C=N\Nc1ccc([N+](=O)[O-])cc1[N+](=O)[O-])[C@@H](C)CC(C)(C)N2C. The van der Waals surface area contributed by atoms with E-state index >= 15 is 0 Å². The molecule has 0 aliphatic carbocycles. The monoisotopic (exact) mass is 411 g/mol. The zero-order valence-corrected chi connectivity index (χ0v) is 17.7. The fourth-order valence-corrected chi connectivity index (χ4v) is 3.92. The zero-order valence-electron chi connectivity index (χ0n) is 17.7. The van der Waals surface area contributed by atoms with Crippen LogP contribution >= 0.6 is 0 Å². The van der Waals surface area contributed by atoms with E-state index in [2.05, 4.69) is 55.4 Å². The third kappa shape index (κ3) is 3.96. The van der Waals surface area contributed by atoms with Crippen molar-refractivity contribution in [1.29, 1.82) is 0 Å². The third-order valence-corrected chi connectivity index (χ3v) is 5.80. The molecule has 0 saturated heterocycles. The van der Waals surface area contributed by atoms with Gasteiger partial charge in [0.2, 0.25) is 0 Å². The van der Waals surface area contributed by atoms with Gasteiger partial charge in [-0.15, -0.1) is 0 Å². The van der Waals surface area contributed by atoms with Gasteiger partial charge in [0, 0.05) is 24.3 Å². The summed E-state index contributed by atoms with van der Waals surface area (Å²) < 4.78 is 0. The molecule has 3 rings (SSSR count). The Balaban J connectivity index is 1.89. The van der Waals surface area contributed by atoms with Crippen LogP contribution in [0.4, 0.5) is 22.7 Å². The van der Waals surface area contributed by atoms with Gasteiger partial charge in [-0.1, -0.05) is 6.92 Å². The second-order valence-corrected chi connectivity index (χ2v) is 8.33. The van der Waals surface area contributed by atoms with Crippen molar-refractivity contribution in [3.63, 3.8) is 0 Å². The number of nitro benzene ring substituents is 2. The Morgan fingerprint density at radius 2 is 1.90 bits per heavy atom. The normalized spacial score (nSPS) is 17.6. The lowest BCUT2D eigenvalue weighted by Crippen LogP contribution is -2.45. The summed E-state index contributed by atoms with van der Waals surface area (Å²) in [5.41, 5.74) is 6.45. The Labute approximate surface area is 174 Å². The van der Waals surface area contributed by atoms with Crippen molar-refractivity contribution in [2.75, 3.05) is 17.4 Å². The fourth-order valence-electron chi connectivity index (χ4n) is 3.92. The first-order valence-electron chi connectivity index (χ1n) is 9.61. The Morgan fingerprint density at radius 3 is 2.53 bits per heavy atom. The van der Waals surface area contributed by atoms with Gasteiger partial charge in [0.1, 0.15) is 5.69 Å². The molecule has 9 nitrogen and oxygen atoms in total. The summed E-state index contributed by atoms with van der Waals surface area (Å²) in [5.74, 6) is 0.391. The molecule has 2 aromatic rings. The second-order valence-electron chi connectivity index (χ2n) is 8.33. The molecule has 2 aromatic carbocycles. The molecular weight excluding hydrogens is 386 g/mol. The largest absolute Gasteiger partial charge is 0.369 e. The lowest BCUT2D eigenvalue weighted by molar-refractivity contribution is -0.393. The molecule has 9 heteroatoms. The van der Waals surface area contributed by atoms with Gasteiger partial charge < -0.3 is 4.90 Å². The molecule has 1 atom stereocenters. The van der Waals surface area contributed by atoms with Crippen LogP contribution in [0.1, 0.15) is 49.8 Å². The summed E-state index contributed by atoms with van der Waals surface area (Å²) in [7, 11) is 2.10. The minimum absolute atomic E-state index is 0.0743.